The van der Waals surface area contributed by atoms with Gasteiger partial charge >= 0.3 is 0 Å². The van der Waals surface area contributed by atoms with E-state index in [1.807, 2.05) is 24.3 Å². The summed E-state index contributed by atoms with van der Waals surface area (Å²) in [6.07, 6.45) is 7.30. The van der Waals surface area contributed by atoms with Crippen LogP contribution in [0.3, 0.4) is 0 Å². The number of benzene rings is 2. The number of hydrogen-bond acceptors (Lipinski definition) is 5. The highest BCUT2D eigenvalue weighted by Crippen LogP contribution is 2.38. The fraction of sp³-hybridized carbons (Fsp3) is 0.385. The van der Waals surface area contributed by atoms with E-state index in [9.17, 15) is 13.2 Å². The molecule has 1 aliphatic heterocycles. The Kier molecular flexibility index (Phi) is 6.81. The van der Waals surface area contributed by atoms with Crippen LogP contribution >= 0.6 is 11.3 Å². The molecule has 0 saturated carbocycles. The van der Waals surface area contributed by atoms with Crippen molar-refractivity contribution in [1.82, 2.24) is 14.6 Å². The highest BCUT2D eigenvalue weighted by atomic mass is 32.2. The van der Waals surface area contributed by atoms with E-state index in [-0.39, 0.29) is 23.7 Å². The number of para-hydroxylation sites is 1. The number of sulfonamides is 1. The summed E-state index contributed by atoms with van der Waals surface area (Å²) in [6, 6.07) is 16.7. The molecule has 34 heavy (non-hydrogen) atoms. The van der Waals surface area contributed by atoms with Gasteiger partial charge in [-0.3, -0.25) is 4.79 Å². The lowest BCUT2D eigenvalue weighted by Gasteiger charge is -2.32. The van der Waals surface area contributed by atoms with Crippen molar-refractivity contribution in [3.05, 3.63) is 71.8 Å². The molecule has 2 aliphatic rings. The number of nitrogens with zero attached hydrogens (tertiary/aromatic N) is 2. The van der Waals surface area contributed by atoms with Crippen LogP contribution in [0, 0.1) is 11.8 Å². The van der Waals surface area contributed by atoms with Crippen LogP contribution in [0.4, 0.5) is 0 Å². The first-order valence-corrected chi connectivity index (χ1v) is 14.1. The summed E-state index contributed by atoms with van der Waals surface area (Å²) in [5, 5.41) is 4.21. The van der Waals surface area contributed by atoms with Crippen LogP contribution in [-0.2, 0) is 14.8 Å². The zero-order valence-corrected chi connectivity index (χ0v) is 20.6. The number of thiazole rings is 1. The molecule has 1 amide bonds. The second-order valence-corrected chi connectivity index (χ2v) is 12.1. The number of hydrogen-bond donors (Lipinski definition) is 1. The quantitative estimate of drug-likeness (QED) is 0.509. The number of piperidine rings is 1. The number of amides is 1. The summed E-state index contributed by atoms with van der Waals surface area (Å²) in [4.78, 5) is 18.3. The van der Waals surface area contributed by atoms with Crippen molar-refractivity contribution in [2.24, 2.45) is 11.8 Å². The maximum atomic E-state index is 13.2. The van der Waals surface area contributed by atoms with Gasteiger partial charge in [0.2, 0.25) is 15.9 Å². The SMILES string of the molecule is O=C(NCC1CCN(S(=O)(=O)c2ccccc2)CC1)C1CC=CCC1c1nc2ccccc2s1. The lowest BCUT2D eigenvalue weighted by atomic mass is 9.82. The van der Waals surface area contributed by atoms with Crippen LogP contribution in [0.1, 0.15) is 36.6 Å². The molecule has 2 heterocycles. The van der Waals surface area contributed by atoms with Gasteiger partial charge < -0.3 is 5.32 Å². The van der Waals surface area contributed by atoms with Crippen molar-refractivity contribution < 1.29 is 13.2 Å². The Bertz CT molecular complexity index is 1250. The second kappa shape index (κ2) is 9.98. The highest BCUT2D eigenvalue weighted by molar-refractivity contribution is 7.89. The lowest BCUT2D eigenvalue weighted by Crippen LogP contribution is -2.43. The summed E-state index contributed by atoms with van der Waals surface area (Å²) in [5.74, 6) is 0.337. The smallest absolute Gasteiger partial charge is 0.243 e. The first-order chi connectivity index (χ1) is 16.5. The van der Waals surface area contributed by atoms with Gasteiger partial charge in [-0.1, -0.05) is 42.5 Å². The predicted octanol–water partition coefficient (Wildman–Crippen LogP) is 4.56. The minimum atomic E-state index is -3.45. The average molecular weight is 496 g/mol. The minimum Gasteiger partial charge on any atom is -0.356 e. The van der Waals surface area contributed by atoms with Crippen LogP contribution in [0.2, 0.25) is 0 Å². The molecule has 1 aliphatic carbocycles. The fourth-order valence-corrected chi connectivity index (χ4v) is 7.53. The number of carbonyl (C=O) groups is 1. The van der Waals surface area contributed by atoms with E-state index >= 15 is 0 Å². The first-order valence-electron chi connectivity index (χ1n) is 11.9. The van der Waals surface area contributed by atoms with Crippen LogP contribution < -0.4 is 5.32 Å². The van der Waals surface area contributed by atoms with Crippen molar-refractivity contribution >= 4 is 37.5 Å². The van der Waals surface area contributed by atoms with Crippen molar-refractivity contribution in [3.63, 3.8) is 0 Å². The molecule has 2 aromatic carbocycles. The van der Waals surface area contributed by atoms with Gasteiger partial charge in [-0.2, -0.15) is 4.31 Å². The molecule has 178 valence electrons. The molecule has 0 spiro atoms. The van der Waals surface area contributed by atoms with E-state index in [1.165, 1.54) is 0 Å². The molecule has 0 bridgehead atoms. The van der Waals surface area contributed by atoms with Gasteiger partial charge in [0.25, 0.3) is 0 Å². The summed E-state index contributed by atoms with van der Waals surface area (Å²) in [6.45, 7) is 1.56. The van der Waals surface area contributed by atoms with Gasteiger partial charge in [0, 0.05) is 25.6 Å². The van der Waals surface area contributed by atoms with Gasteiger partial charge in [0.1, 0.15) is 0 Å². The third-order valence-electron chi connectivity index (χ3n) is 6.92. The van der Waals surface area contributed by atoms with Gasteiger partial charge in [-0.15, -0.1) is 11.3 Å². The number of nitrogens with one attached hydrogen (secondary N) is 1. The molecule has 8 heteroatoms. The van der Waals surface area contributed by atoms with Gasteiger partial charge in [0.05, 0.1) is 26.0 Å². The maximum Gasteiger partial charge on any atom is 0.243 e. The van der Waals surface area contributed by atoms with Gasteiger partial charge in [-0.25, -0.2) is 13.4 Å². The zero-order valence-electron chi connectivity index (χ0n) is 19.0. The van der Waals surface area contributed by atoms with E-state index in [4.69, 9.17) is 4.98 Å². The topological polar surface area (TPSA) is 79.4 Å². The average Bonchev–Trinajstić information content (AvgIpc) is 3.32. The molecule has 1 aromatic heterocycles. The zero-order chi connectivity index (χ0) is 23.5. The van der Waals surface area contributed by atoms with Crippen LogP contribution in [-0.4, -0.2) is 43.2 Å². The first kappa shape index (κ1) is 23.2. The normalized spacial score (nSPS) is 22.1. The van der Waals surface area contributed by atoms with E-state index in [2.05, 4.69) is 23.5 Å². The van der Waals surface area contributed by atoms with E-state index in [0.717, 1.165) is 40.9 Å². The summed E-state index contributed by atoms with van der Waals surface area (Å²) < 4.78 is 28.4. The Balaban J connectivity index is 1.18. The molecular weight excluding hydrogens is 466 g/mol. The van der Waals surface area contributed by atoms with E-state index in [0.29, 0.717) is 24.5 Å². The predicted molar refractivity (Wildman–Crippen MR) is 135 cm³/mol. The maximum absolute atomic E-state index is 13.2. The summed E-state index contributed by atoms with van der Waals surface area (Å²) >= 11 is 1.68. The molecule has 6 nitrogen and oxygen atoms in total. The third kappa shape index (κ3) is 4.80. The lowest BCUT2D eigenvalue weighted by molar-refractivity contribution is -0.126. The monoisotopic (exact) mass is 495 g/mol. The molecule has 2 atom stereocenters. The van der Waals surface area contributed by atoms with Gasteiger partial charge in [-0.05, 0) is 55.9 Å². The fourth-order valence-electron chi connectivity index (χ4n) is 4.90. The Morgan fingerprint density at radius 2 is 1.71 bits per heavy atom. The Labute approximate surface area is 204 Å². The van der Waals surface area contributed by atoms with Gasteiger partial charge in [0.15, 0.2) is 0 Å². The largest absolute Gasteiger partial charge is 0.356 e. The molecule has 1 saturated heterocycles. The minimum absolute atomic E-state index is 0.0768. The summed E-state index contributed by atoms with van der Waals surface area (Å²) in [5.41, 5.74) is 0.994. The molecule has 5 rings (SSSR count). The number of aromatic nitrogens is 1. The number of rotatable bonds is 6. The van der Waals surface area contributed by atoms with Crippen molar-refractivity contribution in [2.45, 2.75) is 36.5 Å². The molecule has 2 unspecified atom stereocenters. The Morgan fingerprint density at radius 1 is 1.00 bits per heavy atom. The van der Waals surface area contributed by atoms with Crippen molar-refractivity contribution in [3.8, 4) is 0 Å². The molecule has 0 radical (unpaired) electrons. The standard InChI is InChI=1S/C26H29N3O3S2/c30-25(21-10-4-5-11-22(21)26-28-23-12-6-7-13-24(23)33-26)27-18-19-14-16-29(17-15-19)34(31,32)20-8-2-1-3-9-20/h1-9,12-13,19,21-22H,10-11,14-18H2,(H,27,30). The van der Waals surface area contributed by atoms with E-state index < -0.39 is 10.0 Å². The molecular formula is C26H29N3O3S2. The number of allylic oxidation sites excluding steroid dienone is 2. The molecule has 1 N–H and O–H groups in total. The number of fused-ring (bicyclic) bond motifs is 1. The Morgan fingerprint density at radius 3 is 2.47 bits per heavy atom. The molecule has 1 fully saturated rings. The van der Waals surface area contributed by atoms with Crippen LogP contribution in [0.15, 0.2) is 71.6 Å². The van der Waals surface area contributed by atoms with Crippen molar-refractivity contribution in [2.75, 3.05) is 19.6 Å². The number of carbonyl (C=O) groups excluding carboxylic acids is 1. The van der Waals surface area contributed by atoms with Crippen molar-refractivity contribution in [1.29, 1.82) is 0 Å². The van der Waals surface area contributed by atoms with Crippen LogP contribution in [0.25, 0.3) is 10.2 Å². The Hall–Kier alpha value is -2.55. The summed E-state index contributed by atoms with van der Waals surface area (Å²) in [7, 11) is -3.45. The highest BCUT2D eigenvalue weighted by Gasteiger charge is 2.33. The molecule has 3 aromatic rings. The second-order valence-electron chi connectivity index (χ2n) is 9.08. The van der Waals surface area contributed by atoms with E-state index in [1.54, 1.807) is 39.9 Å². The third-order valence-corrected chi connectivity index (χ3v) is 10.00. The van der Waals surface area contributed by atoms with Crippen LogP contribution in [0.5, 0.6) is 0 Å².